The molecule has 1 saturated heterocycles. The van der Waals surface area contributed by atoms with Gasteiger partial charge in [-0.15, -0.1) is 11.6 Å². The Kier molecular flexibility index (Phi) is 4.37. The molecule has 120 valence electrons. The number of carbonyl (C=O) groups excluding carboxylic acids is 1. The highest BCUT2D eigenvalue weighted by Gasteiger charge is 2.43. The molecule has 2 fully saturated rings. The molecule has 1 unspecified atom stereocenters. The molecule has 0 spiro atoms. The van der Waals surface area contributed by atoms with Gasteiger partial charge in [-0.3, -0.25) is 9.69 Å². The molecule has 0 radical (unpaired) electrons. The standard InChI is InChI=1S/C16H19ClF2N2O/c1-9(17)16(22)20-14-6-7-21(11-3-4-11)15(14)10-2-5-12(18)13(19)8-10/h2,5,8-9,11,14-15H,3-4,6-7H2,1H3,(H,20,22)/t9?,14-,15+/m1/s1. The van der Waals surface area contributed by atoms with Crippen LogP contribution in [0.5, 0.6) is 0 Å². The molecule has 1 aromatic rings. The zero-order valence-electron chi connectivity index (χ0n) is 12.4. The minimum atomic E-state index is -0.852. The molecule has 1 N–H and O–H groups in total. The number of amides is 1. The maximum atomic E-state index is 13.6. The summed E-state index contributed by atoms with van der Waals surface area (Å²) in [5.74, 6) is -1.93. The monoisotopic (exact) mass is 328 g/mol. The van der Waals surface area contributed by atoms with Crippen molar-refractivity contribution in [2.75, 3.05) is 6.54 Å². The summed E-state index contributed by atoms with van der Waals surface area (Å²) in [4.78, 5) is 14.2. The van der Waals surface area contributed by atoms with E-state index in [1.165, 1.54) is 6.07 Å². The largest absolute Gasteiger partial charge is 0.350 e. The molecule has 22 heavy (non-hydrogen) atoms. The Morgan fingerprint density at radius 1 is 1.32 bits per heavy atom. The van der Waals surface area contributed by atoms with E-state index >= 15 is 0 Å². The number of carbonyl (C=O) groups is 1. The van der Waals surface area contributed by atoms with E-state index in [4.69, 9.17) is 11.6 Å². The molecule has 1 aliphatic carbocycles. The van der Waals surface area contributed by atoms with Gasteiger partial charge in [-0.1, -0.05) is 6.07 Å². The van der Waals surface area contributed by atoms with Crippen LogP contribution in [0, 0.1) is 11.6 Å². The van der Waals surface area contributed by atoms with Gasteiger partial charge in [-0.2, -0.15) is 0 Å². The topological polar surface area (TPSA) is 32.3 Å². The minimum Gasteiger partial charge on any atom is -0.350 e. The van der Waals surface area contributed by atoms with Gasteiger partial charge in [0.2, 0.25) is 5.91 Å². The Morgan fingerprint density at radius 3 is 2.64 bits per heavy atom. The second-order valence-electron chi connectivity index (χ2n) is 6.11. The summed E-state index contributed by atoms with van der Waals surface area (Å²) in [6.07, 6.45) is 3.02. The molecule has 3 nitrogen and oxygen atoms in total. The van der Waals surface area contributed by atoms with Gasteiger partial charge in [0, 0.05) is 18.6 Å². The number of alkyl halides is 1. The Balaban J connectivity index is 1.86. The first-order valence-electron chi connectivity index (χ1n) is 7.62. The number of benzene rings is 1. The van der Waals surface area contributed by atoms with Crippen LogP contribution in [0.4, 0.5) is 8.78 Å². The molecular formula is C16H19ClF2N2O. The van der Waals surface area contributed by atoms with E-state index in [-0.39, 0.29) is 18.0 Å². The van der Waals surface area contributed by atoms with Gasteiger partial charge in [-0.25, -0.2) is 8.78 Å². The van der Waals surface area contributed by atoms with Crippen LogP contribution in [0.3, 0.4) is 0 Å². The summed E-state index contributed by atoms with van der Waals surface area (Å²) in [6.45, 7) is 2.47. The first-order valence-corrected chi connectivity index (χ1v) is 8.06. The number of rotatable bonds is 4. The van der Waals surface area contributed by atoms with Crippen LogP contribution < -0.4 is 5.32 Å². The van der Waals surface area contributed by atoms with Crippen molar-refractivity contribution < 1.29 is 13.6 Å². The van der Waals surface area contributed by atoms with Gasteiger partial charge in [0.05, 0.1) is 6.04 Å². The molecule has 1 aromatic carbocycles. The fourth-order valence-corrected chi connectivity index (χ4v) is 3.26. The zero-order chi connectivity index (χ0) is 15.9. The summed E-state index contributed by atoms with van der Waals surface area (Å²) < 4.78 is 26.8. The van der Waals surface area contributed by atoms with E-state index in [0.717, 1.165) is 31.9 Å². The fraction of sp³-hybridized carbons (Fsp3) is 0.562. The molecular weight excluding hydrogens is 310 g/mol. The molecule has 1 aliphatic heterocycles. The average molecular weight is 329 g/mol. The first-order chi connectivity index (χ1) is 10.5. The van der Waals surface area contributed by atoms with E-state index in [1.54, 1.807) is 13.0 Å². The van der Waals surface area contributed by atoms with Crippen molar-refractivity contribution in [1.82, 2.24) is 10.2 Å². The SMILES string of the molecule is CC(Cl)C(=O)N[C@@H]1CCN(C2CC2)[C@H]1c1ccc(F)c(F)c1. The summed E-state index contributed by atoms with van der Waals surface area (Å²) in [5.41, 5.74) is 0.704. The Labute approximate surface area is 133 Å². The van der Waals surface area contributed by atoms with Crippen LogP contribution in [0.25, 0.3) is 0 Å². The van der Waals surface area contributed by atoms with Gasteiger partial charge < -0.3 is 5.32 Å². The minimum absolute atomic E-state index is 0.123. The van der Waals surface area contributed by atoms with E-state index in [1.807, 2.05) is 0 Å². The second-order valence-corrected chi connectivity index (χ2v) is 6.76. The molecule has 1 saturated carbocycles. The lowest BCUT2D eigenvalue weighted by Crippen LogP contribution is -2.42. The molecule has 1 heterocycles. The smallest absolute Gasteiger partial charge is 0.238 e. The Bertz CT molecular complexity index is 577. The van der Waals surface area contributed by atoms with Crippen molar-refractivity contribution in [2.45, 2.75) is 49.7 Å². The number of halogens is 3. The van der Waals surface area contributed by atoms with Crippen molar-refractivity contribution in [3.05, 3.63) is 35.4 Å². The normalized spacial score (nSPS) is 26.9. The Hall–Kier alpha value is -1.20. The number of nitrogens with zero attached hydrogens (tertiary/aromatic N) is 1. The number of likely N-dealkylation sites (tertiary alicyclic amines) is 1. The molecule has 0 bridgehead atoms. The number of nitrogens with one attached hydrogen (secondary N) is 1. The van der Waals surface area contributed by atoms with Crippen molar-refractivity contribution in [1.29, 1.82) is 0 Å². The Morgan fingerprint density at radius 2 is 2.05 bits per heavy atom. The molecule has 3 atom stereocenters. The van der Waals surface area contributed by atoms with Crippen LogP contribution >= 0.6 is 11.6 Å². The molecule has 3 rings (SSSR count). The average Bonchev–Trinajstić information content (AvgIpc) is 3.23. The van der Waals surface area contributed by atoms with E-state index < -0.39 is 17.0 Å². The third-order valence-corrected chi connectivity index (χ3v) is 4.62. The summed E-state index contributed by atoms with van der Waals surface area (Å²) >= 11 is 5.82. The van der Waals surface area contributed by atoms with Gasteiger partial charge in [0.25, 0.3) is 0 Å². The molecule has 6 heteroatoms. The first kappa shape index (κ1) is 15.7. The van der Waals surface area contributed by atoms with Gasteiger partial charge in [0.15, 0.2) is 11.6 Å². The molecule has 1 amide bonds. The van der Waals surface area contributed by atoms with Crippen molar-refractivity contribution in [3.63, 3.8) is 0 Å². The molecule has 0 aromatic heterocycles. The zero-order valence-corrected chi connectivity index (χ0v) is 13.1. The third kappa shape index (κ3) is 3.10. The fourth-order valence-electron chi connectivity index (χ4n) is 3.20. The summed E-state index contributed by atoms with van der Waals surface area (Å²) in [6, 6.07) is 4.23. The van der Waals surface area contributed by atoms with Crippen LogP contribution in [-0.4, -0.2) is 34.8 Å². The third-order valence-electron chi connectivity index (χ3n) is 4.43. The maximum Gasteiger partial charge on any atom is 0.238 e. The predicted octanol–water partition coefficient (Wildman–Crippen LogP) is 2.99. The number of hydrogen-bond acceptors (Lipinski definition) is 2. The quantitative estimate of drug-likeness (QED) is 0.862. The van der Waals surface area contributed by atoms with Gasteiger partial charge in [0.1, 0.15) is 5.38 Å². The highest BCUT2D eigenvalue weighted by Crippen LogP contribution is 2.41. The lowest BCUT2D eigenvalue weighted by atomic mass is 9.99. The summed E-state index contributed by atoms with van der Waals surface area (Å²) in [7, 11) is 0. The lowest BCUT2D eigenvalue weighted by Gasteiger charge is -2.29. The number of hydrogen-bond donors (Lipinski definition) is 1. The predicted molar refractivity (Wildman–Crippen MR) is 80.7 cm³/mol. The van der Waals surface area contributed by atoms with Crippen LogP contribution in [0.15, 0.2) is 18.2 Å². The summed E-state index contributed by atoms with van der Waals surface area (Å²) in [5, 5.41) is 2.33. The van der Waals surface area contributed by atoms with Crippen LogP contribution in [0.2, 0.25) is 0 Å². The van der Waals surface area contributed by atoms with Crippen LogP contribution in [0.1, 0.15) is 37.8 Å². The van der Waals surface area contributed by atoms with Crippen molar-refractivity contribution in [3.8, 4) is 0 Å². The van der Waals surface area contributed by atoms with E-state index in [0.29, 0.717) is 11.6 Å². The van der Waals surface area contributed by atoms with Gasteiger partial charge in [-0.05, 0) is 43.9 Å². The van der Waals surface area contributed by atoms with Crippen molar-refractivity contribution >= 4 is 17.5 Å². The highest BCUT2D eigenvalue weighted by molar-refractivity contribution is 6.30. The molecule has 2 aliphatic rings. The van der Waals surface area contributed by atoms with Crippen LogP contribution in [-0.2, 0) is 4.79 Å². The van der Waals surface area contributed by atoms with E-state index in [2.05, 4.69) is 10.2 Å². The maximum absolute atomic E-state index is 13.6. The highest BCUT2D eigenvalue weighted by atomic mass is 35.5. The lowest BCUT2D eigenvalue weighted by molar-refractivity contribution is -0.121. The van der Waals surface area contributed by atoms with Gasteiger partial charge >= 0.3 is 0 Å². The van der Waals surface area contributed by atoms with E-state index in [9.17, 15) is 13.6 Å². The second kappa shape index (κ2) is 6.13. The van der Waals surface area contributed by atoms with Crippen molar-refractivity contribution in [2.24, 2.45) is 0 Å².